The number of halogens is 3. The fourth-order valence-electron chi connectivity index (χ4n) is 2.59. The number of hydrogen-bond donors (Lipinski definition) is 2. The number of carbonyl (C=O) groups is 1. The minimum Gasteiger partial charge on any atom is -0.377 e. The maximum absolute atomic E-state index is 12.5. The molecule has 0 aliphatic carbocycles. The van der Waals surface area contributed by atoms with E-state index in [1.807, 2.05) is 0 Å². The van der Waals surface area contributed by atoms with Gasteiger partial charge in [0.05, 0.1) is 6.04 Å². The quantitative estimate of drug-likeness (QED) is 0.850. The number of aryl methyl sites for hydroxylation is 1. The molecule has 0 saturated carbocycles. The molecule has 1 atom stereocenters. The van der Waals surface area contributed by atoms with E-state index in [0.717, 1.165) is 18.6 Å². The van der Waals surface area contributed by atoms with Crippen LogP contribution in [0.2, 0.25) is 0 Å². The lowest BCUT2D eigenvalue weighted by Crippen LogP contribution is -2.36. The Labute approximate surface area is 146 Å². The zero-order valence-electron chi connectivity index (χ0n) is 13.7. The van der Waals surface area contributed by atoms with Crippen LogP contribution in [0.4, 0.5) is 23.8 Å². The summed E-state index contributed by atoms with van der Waals surface area (Å²) in [5, 5.41) is 15.8. The molecule has 1 unspecified atom stereocenters. The highest BCUT2D eigenvalue weighted by molar-refractivity contribution is 5.88. The Morgan fingerprint density at radius 1 is 1.38 bits per heavy atom. The van der Waals surface area contributed by atoms with Crippen LogP contribution in [0.3, 0.4) is 0 Å². The predicted molar refractivity (Wildman–Crippen MR) is 81.9 cm³/mol. The van der Waals surface area contributed by atoms with E-state index >= 15 is 0 Å². The summed E-state index contributed by atoms with van der Waals surface area (Å²) in [6.45, 7) is 0.955. The third-order valence-corrected chi connectivity index (χ3v) is 3.69. The number of amides is 2. The third kappa shape index (κ3) is 4.07. The van der Waals surface area contributed by atoms with Crippen molar-refractivity contribution in [2.24, 2.45) is 0 Å². The lowest BCUT2D eigenvalue weighted by molar-refractivity contribution is -0.141. The van der Waals surface area contributed by atoms with Gasteiger partial charge in [-0.1, -0.05) is 0 Å². The normalized spacial score (nSPS) is 16.8. The van der Waals surface area contributed by atoms with Gasteiger partial charge in [0.15, 0.2) is 17.3 Å². The van der Waals surface area contributed by atoms with Crippen LogP contribution in [-0.4, -0.2) is 38.1 Å². The van der Waals surface area contributed by atoms with E-state index in [2.05, 4.69) is 30.9 Å². The van der Waals surface area contributed by atoms with E-state index < -0.39 is 17.9 Å². The highest BCUT2D eigenvalue weighted by atomic mass is 19.4. The summed E-state index contributed by atoms with van der Waals surface area (Å²) in [7, 11) is 1.54. The Hall–Kier alpha value is -2.76. The van der Waals surface area contributed by atoms with Crippen molar-refractivity contribution in [2.45, 2.75) is 38.2 Å². The third-order valence-electron chi connectivity index (χ3n) is 3.69. The van der Waals surface area contributed by atoms with Gasteiger partial charge in [-0.2, -0.15) is 18.3 Å². The molecule has 3 rings (SSSR count). The smallest absolute Gasteiger partial charge is 0.377 e. The van der Waals surface area contributed by atoms with Crippen LogP contribution in [0.15, 0.2) is 12.1 Å². The summed E-state index contributed by atoms with van der Waals surface area (Å²) < 4.78 is 44.1. The van der Waals surface area contributed by atoms with Gasteiger partial charge in [0.1, 0.15) is 12.4 Å². The minimum absolute atomic E-state index is 0.0900. The van der Waals surface area contributed by atoms with Crippen molar-refractivity contribution in [3.05, 3.63) is 29.5 Å². The van der Waals surface area contributed by atoms with E-state index in [0.29, 0.717) is 24.6 Å². The Morgan fingerprint density at radius 3 is 2.85 bits per heavy atom. The van der Waals surface area contributed by atoms with Crippen molar-refractivity contribution in [2.75, 3.05) is 12.4 Å². The molecule has 9 nitrogen and oxygen atoms in total. The molecule has 1 aliphatic heterocycles. The molecule has 2 N–H and O–H groups in total. The van der Waals surface area contributed by atoms with Crippen LogP contribution in [0.5, 0.6) is 0 Å². The summed E-state index contributed by atoms with van der Waals surface area (Å²) >= 11 is 0. The number of rotatable bonds is 4. The molecule has 12 heteroatoms. The number of ether oxygens (including phenoxy) is 1. The molecule has 1 aliphatic rings. The molecule has 2 aromatic rings. The van der Waals surface area contributed by atoms with Gasteiger partial charge in [0.2, 0.25) is 0 Å². The van der Waals surface area contributed by atoms with Gasteiger partial charge in [-0.25, -0.2) is 14.5 Å². The number of nitrogens with zero attached hydrogens (tertiary/aromatic N) is 5. The van der Waals surface area contributed by atoms with E-state index in [1.54, 1.807) is 4.68 Å². The van der Waals surface area contributed by atoms with Crippen LogP contribution >= 0.6 is 0 Å². The fourth-order valence-corrected chi connectivity index (χ4v) is 2.59. The molecule has 0 saturated heterocycles. The summed E-state index contributed by atoms with van der Waals surface area (Å²) in [6.07, 6.45) is -3.12. The first-order chi connectivity index (χ1) is 12.4. The second kappa shape index (κ2) is 7.23. The lowest BCUT2D eigenvalue weighted by Gasteiger charge is -2.23. The average Bonchev–Trinajstić information content (AvgIpc) is 2.98. The maximum Gasteiger partial charge on any atom is 0.435 e. The predicted octanol–water partition coefficient (Wildman–Crippen LogP) is 1.89. The molecule has 0 bridgehead atoms. The number of aromatic nitrogens is 5. The van der Waals surface area contributed by atoms with Crippen LogP contribution < -0.4 is 10.6 Å². The van der Waals surface area contributed by atoms with Crippen LogP contribution in [0, 0.1) is 0 Å². The summed E-state index contributed by atoms with van der Waals surface area (Å²) in [4.78, 5) is 16.5. The summed E-state index contributed by atoms with van der Waals surface area (Å²) in [5.74, 6) is 1.04. The van der Waals surface area contributed by atoms with Crippen molar-refractivity contribution in [1.82, 2.24) is 30.3 Å². The minimum atomic E-state index is -4.58. The number of fused-ring (bicyclic) bond motifs is 1. The van der Waals surface area contributed by atoms with E-state index in [-0.39, 0.29) is 18.5 Å². The Kier molecular flexibility index (Phi) is 5.02. The average molecular weight is 371 g/mol. The molecule has 26 heavy (non-hydrogen) atoms. The molecular weight excluding hydrogens is 355 g/mol. The Balaban J connectivity index is 1.64. The number of urea groups is 1. The molecule has 0 fully saturated rings. The molecule has 0 spiro atoms. The zero-order chi connectivity index (χ0) is 18.7. The molecule has 0 radical (unpaired) electrons. The maximum atomic E-state index is 12.5. The summed E-state index contributed by atoms with van der Waals surface area (Å²) in [5.41, 5.74) is -1.13. The number of carbonyl (C=O) groups excluding carboxylic acids is 1. The van der Waals surface area contributed by atoms with Crippen molar-refractivity contribution in [3.63, 3.8) is 0 Å². The van der Waals surface area contributed by atoms with E-state index in [1.165, 1.54) is 7.11 Å². The number of methoxy groups -OCH3 is 1. The Morgan fingerprint density at radius 2 is 2.19 bits per heavy atom. The van der Waals surface area contributed by atoms with Gasteiger partial charge >= 0.3 is 12.2 Å². The van der Waals surface area contributed by atoms with Crippen molar-refractivity contribution in [3.8, 4) is 0 Å². The van der Waals surface area contributed by atoms with E-state index in [9.17, 15) is 18.0 Å². The van der Waals surface area contributed by atoms with Gasteiger partial charge in [-0.3, -0.25) is 5.32 Å². The topological polar surface area (TPSA) is 107 Å². The molecule has 2 aromatic heterocycles. The second-order valence-corrected chi connectivity index (χ2v) is 5.64. The van der Waals surface area contributed by atoms with Crippen LogP contribution in [-0.2, 0) is 24.1 Å². The lowest BCUT2D eigenvalue weighted by atomic mass is 10.1. The van der Waals surface area contributed by atoms with Gasteiger partial charge in [-0.05, 0) is 25.0 Å². The van der Waals surface area contributed by atoms with Gasteiger partial charge < -0.3 is 10.1 Å². The monoisotopic (exact) mass is 371 g/mol. The highest BCUT2D eigenvalue weighted by Gasteiger charge is 2.33. The van der Waals surface area contributed by atoms with Gasteiger partial charge in [-0.15, -0.1) is 10.2 Å². The molecular formula is C14H16F3N7O2. The standard InChI is InChI=1S/C14H16F3N7O2/c1-26-7-11-19-12-8(3-2-6-24(12)23-11)18-13(25)20-10-5-4-9(21-22-10)14(15,16)17/h4-5,8H,2-3,6-7H2,1H3,(H2,18,20,22,25). The molecule has 3 heterocycles. The van der Waals surface area contributed by atoms with E-state index in [4.69, 9.17) is 4.74 Å². The molecule has 0 aromatic carbocycles. The highest BCUT2D eigenvalue weighted by Crippen LogP contribution is 2.27. The number of nitrogens with one attached hydrogen (secondary N) is 2. The SMILES string of the molecule is COCc1nc2n(n1)CCCC2NC(=O)Nc1ccc(C(F)(F)F)nn1. The number of anilines is 1. The van der Waals surface area contributed by atoms with Crippen LogP contribution in [0.1, 0.15) is 36.2 Å². The fraction of sp³-hybridized carbons (Fsp3) is 0.500. The first kappa shape index (κ1) is 18.0. The molecule has 140 valence electrons. The first-order valence-electron chi connectivity index (χ1n) is 7.78. The van der Waals surface area contributed by atoms with Crippen molar-refractivity contribution < 1.29 is 22.7 Å². The number of hydrogen-bond acceptors (Lipinski definition) is 6. The van der Waals surface area contributed by atoms with Gasteiger partial charge in [0, 0.05) is 13.7 Å². The zero-order valence-corrected chi connectivity index (χ0v) is 13.7. The van der Waals surface area contributed by atoms with Crippen LogP contribution in [0.25, 0.3) is 0 Å². The second-order valence-electron chi connectivity index (χ2n) is 5.64. The largest absolute Gasteiger partial charge is 0.435 e. The van der Waals surface area contributed by atoms with Crippen molar-refractivity contribution in [1.29, 1.82) is 0 Å². The van der Waals surface area contributed by atoms with Gasteiger partial charge in [0.25, 0.3) is 0 Å². The Bertz CT molecular complexity index is 776. The summed E-state index contributed by atoms with van der Waals surface area (Å²) in [6, 6.07) is 0.796. The van der Waals surface area contributed by atoms with Crippen molar-refractivity contribution >= 4 is 11.8 Å². The molecule has 2 amide bonds. The number of alkyl halides is 3. The first-order valence-corrected chi connectivity index (χ1v) is 7.78.